The molecule has 0 aliphatic heterocycles. The van der Waals surface area contributed by atoms with Gasteiger partial charge in [-0.15, -0.1) is 11.3 Å². The molecule has 5 nitrogen and oxygen atoms in total. The first kappa shape index (κ1) is 28.2. The van der Waals surface area contributed by atoms with Gasteiger partial charge in [0.2, 0.25) is 0 Å². The van der Waals surface area contributed by atoms with Crippen LogP contribution in [-0.4, -0.2) is 32.4 Å². The maximum Gasteiger partial charge on any atom is 0.161 e. The van der Waals surface area contributed by atoms with E-state index in [2.05, 4.69) is 69.3 Å². The van der Waals surface area contributed by atoms with Gasteiger partial charge in [0.1, 0.15) is 16.5 Å². The summed E-state index contributed by atoms with van der Waals surface area (Å²) >= 11 is 1.69. The topological polar surface area (TPSA) is 49.8 Å². The maximum atomic E-state index is 6.16. The molecule has 5 rings (SSSR count). The highest BCUT2D eigenvalue weighted by Gasteiger charge is 2.10. The SMILES string of the molecule is COc1ccc(/C=C\c2cc(C)c(C)c(OC)c2)cc1OCCCOc1cc(-c2nc3ccccc3s2)ccc1C. The Hall–Kier alpha value is -4.29. The monoisotopic (exact) mass is 565 g/mol. The van der Waals surface area contributed by atoms with Crippen LogP contribution in [0.3, 0.4) is 0 Å². The number of fused-ring (bicyclic) bond motifs is 1. The number of benzene rings is 4. The third kappa shape index (κ3) is 6.72. The van der Waals surface area contributed by atoms with Gasteiger partial charge in [0.25, 0.3) is 0 Å². The van der Waals surface area contributed by atoms with Gasteiger partial charge in [-0.25, -0.2) is 4.98 Å². The van der Waals surface area contributed by atoms with Gasteiger partial charge in [0.05, 0.1) is 37.6 Å². The molecule has 6 heteroatoms. The van der Waals surface area contributed by atoms with Gasteiger partial charge < -0.3 is 18.9 Å². The zero-order valence-corrected chi connectivity index (χ0v) is 25.0. The number of aryl methyl sites for hydroxylation is 2. The van der Waals surface area contributed by atoms with Crippen LogP contribution >= 0.6 is 11.3 Å². The molecule has 4 aromatic carbocycles. The quantitative estimate of drug-likeness (QED) is 0.118. The number of ether oxygens (including phenoxy) is 4. The predicted molar refractivity (Wildman–Crippen MR) is 170 cm³/mol. The van der Waals surface area contributed by atoms with Crippen LogP contribution in [0.25, 0.3) is 32.9 Å². The first-order chi connectivity index (χ1) is 19.9. The van der Waals surface area contributed by atoms with Crippen LogP contribution in [0.5, 0.6) is 23.0 Å². The van der Waals surface area contributed by atoms with Gasteiger partial charge in [-0.1, -0.05) is 48.6 Å². The van der Waals surface area contributed by atoms with Crippen molar-refractivity contribution < 1.29 is 18.9 Å². The molecule has 0 N–H and O–H groups in total. The number of hydrogen-bond acceptors (Lipinski definition) is 6. The number of rotatable bonds is 11. The molecule has 5 aromatic rings. The van der Waals surface area contributed by atoms with E-state index in [0.29, 0.717) is 24.7 Å². The fourth-order valence-corrected chi connectivity index (χ4v) is 5.53. The lowest BCUT2D eigenvalue weighted by Gasteiger charge is -2.13. The molecule has 0 bridgehead atoms. The molecular weight excluding hydrogens is 530 g/mol. The summed E-state index contributed by atoms with van der Waals surface area (Å²) in [6.45, 7) is 7.28. The fraction of sp³-hybridized carbons (Fsp3) is 0.229. The Kier molecular flexibility index (Phi) is 8.90. The smallest absolute Gasteiger partial charge is 0.161 e. The van der Waals surface area contributed by atoms with Crippen LogP contribution in [-0.2, 0) is 0 Å². The minimum absolute atomic E-state index is 0.508. The van der Waals surface area contributed by atoms with Gasteiger partial charge in [0, 0.05) is 12.0 Å². The first-order valence-corrected chi connectivity index (χ1v) is 14.5. The van der Waals surface area contributed by atoms with Crippen LogP contribution in [0, 0.1) is 20.8 Å². The summed E-state index contributed by atoms with van der Waals surface area (Å²) < 4.78 is 24.5. The Morgan fingerprint density at radius 3 is 2.20 bits per heavy atom. The maximum absolute atomic E-state index is 6.16. The zero-order chi connectivity index (χ0) is 28.8. The lowest BCUT2D eigenvalue weighted by molar-refractivity contribution is 0.240. The summed E-state index contributed by atoms with van der Waals surface area (Å²) in [7, 11) is 3.36. The molecule has 0 spiro atoms. The summed E-state index contributed by atoms with van der Waals surface area (Å²) in [5, 5.41) is 0.997. The predicted octanol–water partition coefficient (Wildman–Crippen LogP) is 8.92. The van der Waals surface area contributed by atoms with E-state index in [-0.39, 0.29) is 0 Å². The molecule has 0 aliphatic rings. The average Bonchev–Trinajstić information content (AvgIpc) is 3.43. The molecule has 1 aromatic heterocycles. The second kappa shape index (κ2) is 12.9. The number of nitrogens with zero attached hydrogens (tertiary/aromatic N) is 1. The molecule has 0 unspecified atom stereocenters. The van der Waals surface area contributed by atoms with Crippen LogP contribution in [0.4, 0.5) is 0 Å². The lowest BCUT2D eigenvalue weighted by Crippen LogP contribution is -2.06. The van der Waals surface area contributed by atoms with Crippen molar-refractivity contribution in [3.8, 4) is 33.6 Å². The Bertz CT molecular complexity index is 1650. The van der Waals surface area contributed by atoms with Crippen LogP contribution in [0.1, 0.15) is 34.2 Å². The highest BCUT2D eigenvalue weighted by Crippen LogP contribution is 2.33. The van der Waals surface area contributed by atoms with Crippen molar-refractivity contribution in [3.05, 3.63) is 101 Å². The van der Waals surface area contributed by atoms with E-state index in [1.807, 2.05) is 36.4 Å². The first-order valence-electron chi connectivity index (χ1n) is 13.7. The van der Waals surface area contributed by atoms with Crippen molar-refractivity contribution in [3.63, 3.8) is 0 Å². The van der Waals surface area contributed by atoms with Gasteiger partial charge in [-0.2, -0.15) is 0 Å². The van der Waals surface area contributed by atoms with Crippen molar-refractivity contribution in [2.45, 2.75) is 27.2 Å². The fourth-order valence-electron chi connectivity index (χ4n) is 4.57. The number of methoxy groups -OCH3 is 2. The molecule has 1 heterocycles. The molecule has 41 heavy (non-hydrogen) atoms. The molecule has 0 atom stereocenters. The molecular formula is C35H35NO4S. The summed E-state index contributed by atoms with van der Waals surface area (Å²) in [6, 6.07) is 24.6. The lowest BCUT2D eigenvalue weighted by atomic mass is 10.0. The minimum atomic E-state index is 0.508. The number of thiazole rings is 1. The largest absolute Gasteiger partial charge is 0.496 e. The zero-order valence-electron chi connectivity index (χ0n) is 24.2. The van der Waals surface area contributed by atoms with E-state index in [4.69, 9.17) is 23.9 Å². The normalized spacial score (nSPS) is 11.2. The number of aromatic nitrogens is 1. The van der Waals surface area contributed by atoms with Crippen LogP contribution < -0.4 is 18.9 Å². The average molecular weight is 566 g/mol. The van der Waals surface area contributed by atoms with Crippen molar-refractivity contribution >= 4 is 33.7 Å². The van der Waals surface area contributed by atoms with E-state index in [9.17, 15) is 0 Å². The van der Waals surface area contributed by atoms with Crippen molar-refractivity contribution in [1.82, 2.24) is 4.98 Å². The Balaban J connectivity index is 1.19. The Labute approximate surface area is 246 Å². The van der Waals surface area contributed by atoms with Gasteiger partial charge in [-0.05, 0) is 85.0 Å². The molecule has 0 fully saturated rings. The van der Waals surface area contributed by atoms with Gasteiger partial charge in [0.15, 0.2) is 11.5 Å². The van der Waals surface area contributed by atoms with Crippen molar-refractivity contribution in [1.29, 1.82) is 0 Å². The molecule has 0 aliphatic carbocycles. The summed E-state index contributed by atoms with van der Waals surface area (Å²) in [5.74, 6) is 3.18. The second-order valence-corrected chi connectivity index (χ2v) is 11.0. The van der Waals surface area contributed by atoms with Crippen molar-refractivity contribution in [2.75, 3.05) is 27.4 Å². The van der Waals surface area contributed by atoms with Gasteiger partial charge in [-0.3, -0.25) is 0 Å². The number of para-hydroxylation sites is 1. The van der Waals surface area contributed by atoms with Crippen LogP contribution in [0.2, 0.25) is 0 Å². The summed E-state index contributed by atoms with van der Waals surface area (Å²) in [5.41, 5.74) is 7.65. The molecule has 0 saturated carbocycles. The molecule has 0 amide bonds. The molecule has 0 radical (unpaired) electrons. The Morgan fingerprint density at radius 2 is 1.41 bits per heavy atom. The van der Waals surface area contributed by atoms with E-state index in [1.165, 1.54) is 10.3 Å². The highest BCUT2D eigenvalue weighted by molar-refractivity contribution is 7.21. The Morgan fingerprint density at radius 1 is 0.683 bits per heavy atom. The second-order valence-electron chi connectivity index (χ2n) is 9.93. The van der Waals surface area contributed by atoms with Crippen molar-refractivity contribution in [2.24, 2.45) is 0 Å². The highest BCUT2D eigenvalue weighted by atomic mass is 32.1. The third-order valence-corrected chi connectivity index (χ3v) is 8.14. The van der Waals surface area contributed by atoms with E-state index in [1.54, 1.807) is 25.6 Å². The van der Waals surface area contributed by atoms with E-state index in [0.717, 1.165) is 56.3 Å². The standard InChI is InChI=1S/C35H35NO4S/c1-23-11-15-28(35-36-29-9-6-7-10-34(29)41-35)22-31(23)39-17-8-18-40-33-20-26(14-16-30(33)37-4)12-13-27-19-24(2)25(3)32(21-27)38-5/h6-7,9-16,19-22H,8,17-18H2,1-5H3/b13-12-. The van der Waals surface area contributed by atoms with E-state index < -0.39 is 0 Å². The molecule has 210 valence electrons. The minimum Gasteiger partial charge on any atom is -0.496 e. The van der Waals surface area contributed by atoms with E-state index >= 15 is 0 Å². The molecule has 0 saturated heterocycles. The third-order valence-electron chi connectivity index (χ3n) is 7.05. The van der Waals surface area contributed by atoms with Crippen LogP contribution in [0.15, 0.2) is 72.8 Å². The summed E-state index contributed by atoms with van der Waals surface area (Å²) in [4.78, 5) is 4.79. The van der Waals surface area contributed by atoms with Gasteiger partial charge >= 0.3 is 0 Å². The summed E-state index contributed by atoms with van der Waals surface area (Å²) in [6.07, 6.45) is 4.88. The number of hydrogen-bond donors (Lipinski definition) is 0.